The van der Waals surface area contributed by atoms with Gasteiger partial charge < -0.3 is 23.7 Å². The second kappa shape index (κ2) is 8.59. The topological polar surface area (TPSA) is 80.3 Å². The van der Waals surface area contributed by atoms with Crippen molar-refractivity contribution in [2.75, 3.05) is 21.3 Å². The normalized spacial score (nSPS) is 17.5. The molecule has 0 bridgehead atoms. The summed E-state index contributed by atoms with van der Waals surface area (Å²) < 4.78 is 27.9. The first-order valence-corrected chi connectivity index (χ1v) is 10.7. The third-order valence-corrected chi connectivity index (χ3v) is 6.02. The summed E-state index contributed by atoms with van der Waals surface area (Å²) in [6.45, 7) is 0. The molecule has 0 amide bonds. The lowest BCUT2D eigenvalue weighted by Crippen LogP contribution is -2.22. The molecule has 2 aliphatic heterocycles. The first kappa shape index (κ1) is 21.6. The molecule has 0 spiro atoms. The summed E-state index contributed by atoms with van der Waals surface area (Å²) in [4.78, 5) is 25.7. The van der Waals surface area contributed by atoms with Gasteiger partial charge in [0.1, 0.15) is 28.7 Å². The van der Waals surface area contributed by atoms with Crippen molar-refractivity contribution < 1.29 is 33.3 Å². The lowest BCUT2D eigenvalue weighted by Gasteiger charge is -2.27. The van der Waals surface area contributed by atoms with Gasteiger partial charge in [0, 0.05) is 28.7 Å². The van der Waals surface area contributed by atoms with Crippen LogP contribution in [0.3, 0.4) is 0 Å². The van der Waals surface area contributed by atoms with Crippen molar-refractivity contribution in [1.29, 1.82) is 0 Å². The van der Waals surface area contributed by atoms with Crippen LogP contribution in [0.25, 0.3) is 6.08 Å². The number of carbonyl (C=O) groups is 2. The van der Waals surface area contributed by atoms with Gasteiger partial charge in [-0.05, 0) is 30.3 Å². The van der Waals surface area contributed by atoms with E-state index in [0.717, 1.165) is 11.1 Å². The molecule has 5 rings (SSSR count). The molecule has 2 heterocycles. The molecule has 0 aromatic heterocycles. The second-order valence-electron chi connectivity index (χ2n) is 7.87. The van der Waals surface area contributed by atoms with Gasteiger partial charge in [0.25, 0.3) is 0 Å². The molecule has 3 aromatic rings. The Morgan fingerprint density at radius 1 is 0.882 bits per heavy atom. The van der Waals surface area contributed by atoms with Crippen LogP contribution >= 0.6 is 0 Å². The third kappa shape index (κ3) is 3.55. The smallest absolute Gasteiger partial charge is 0.312 e. The number of para-hydroxylation sites is 1. The number of ether oxygens (including phenoxy) is 5. The van der Waals surface area contributed by atoms with Crippen LogP contribution in [-0.4, -0.2) is 33.1 Å². The minimum Gasteiger partial charge on any atom is -0.497 e. The molecule has 0 radical (unpaired) electrons. The van der Waals surface area contributed by atoms with E-state index in [9.17, 15) is 9.59 Å². The number of carbonyl (C=O) groups excluding carboxylic acids is 2. The van der Waals surface area contributed by atoms with E-state index >= 15 is 0 Å². The first-order valence-electron chi connectivity index (χ1n) is 10.7. The lowest BCUT2D eigenvalue weighted by molar-refractivity contribution is -0.135. The second-order valence-corrected chi connectivity index (χ2v) is 7.87. The van der Waals surface area contributed by atoms with E-state index in [-0.39, 0.29) is 23.9 Å². The SMILES string of the molecule is COc1ccc([C@H]2CC(=O)Oc3ccc4c(c32)O/C(=C\c2ccccc2OC)C4=O)c(OC)c1. The zero-order chi connectivity index (χ0) is 23.8. The molecular formula is C27H22O7. The summed E-state index contributed by atoms with van der Waals surface area (Å²) in [6, 6.07) is 16.0. The Bertz CT molecular complexity index is 1340. The van der Waals surface area contributed by atoms with Gasteiger partial charge in [0.15, 0.2) is 5.76 Å². The number of ketones is 1. The third-order valence-electron chi connectivity index (χ3n) is 6.02. The molecule has 0 aliphatic carbocycles. The monoisotopic (exact) mass is 458 g/mol. The minimum atomic E-state index is -0.425. The largest absolute Gasteiger partial charge is 0.497 e. The van der Waals surface area contributed by atoms with Gasteiger partial charge in [-0.15, -0.1) is 0 Å². The Morgan fingerprint density at radius 3 is 2.44 bits per heavy atom. The van der Waals surface area contributed by atoms with E-state index in [2.05, 4.69) is 0 Å². The number of rotatable bonds is 5. The summed E-state index contributed by atoms with van der Waals surface area (Å²) in [6.07, 6.45) is 1.74. The average Bonchev–Trinajstić information content (AvgIpc) is 3.18. The molecule has 0 fully saturated rings. The number of fused-ring (bicyclic) bond motifs is 3. The minimum absolute atomic E-state index is 0.0786. The average molecular weight is 458 g/mol. The van der Waals surface area contributed by atoms with Gasteiger partial charge in [0.05, 0.1) is 33.3 Å². The summed E-state index contributed by atoms with van der Waals surface area (Å²) in [7, 11) is 4.70. The van der Waals surface area contributed by atoms with E-state index in [0.29, 0.717) is 39.9 Å². The van der Waals surface area contributed by atoms with Crippen LogP contribution in [0.2, 0.25) is 0 Å². The van der Waals surface area contributed by atoms with Crippen molar-refractivity contribution in [3.05, 3.63) is 82.6 Å². The van der Waals surface area contributed by atoms with Crippen LogP contribution in [0.4, 0.5) is 0 Å². The van der Waals surface area contributed by atoms with Crippen LogP contribution in [-0.2, 0) is 4.79 Å². The number of hydrogen-bond donors (Lipinski definition) is 0. The molecule has 0 N–H and O–H groups in total. The predicted octanol–water partition coefficient (Wildman–Crippen LogP) is 4.77. The number of benzene rings is 3. The highest BCUT2D eigenvalue weighted by molar-refractivity contribution is 6.15. The molecule has 3 aromatic carbocycles. The fourth-order valence-corrected chi connectivity index (χ4v) is 4.40. The summed E-state index contributed by atoms with van der Waals surface area (Å²) in [5, 5.41) is 0. The number of Topliss-reactive ketones (excluding diaryl/α,β-unsaturated/α-hetero) is 1. The molecule has 34 heavy (non-hydrogen) atoms. The predicted molar refractivity (Wildman–Crippen MR) is 124 cm³/mol. The van der Waals surface area contributed by atoms with Crippen molar-refractivity contribution in [2.24, 2.45) is 0 Å². The van der Waals surface area contributed by atoms with Gasteiger partial charge in [-0.2, -0.15) is 0 Å². The molecule has 1 atom stereocenters. The Labute approximate surface area is 196 Å². The molecular weight excluding hydrogens is 436 g/mol. The van der Waals surface area contributed by atoms with Crippen molar-refractivity contribution >= 4 is 17.8 Å². The molecule has 2 aliphatic rings. The quantitative estimate of drug-likeness (QED) is 0.310. The maximum atomic E-state index is 13.2. The van der Waals surface area contributed by atoms with Crippen molar-refractivity contribution in [3.63, 3.8) is 0 Å². The van der Waals surface area contributed by atoms with E-state index in [1.54, 1.807) is 51.7 Å². The highest BCUT2D eigenvalue weighted by atomic mass is 16.5. The van der Waals surface area contributed by atoms with Crippen LogP contribution < -0.4 is 23.7 Å². The van der Waals surface area contributed by atoms with E-state index < -0.39 is 5.92 Å². The summed E-state index contributed by atoms with van der Waals surface area (Å²) in [5.74, 6) is 1.70. The lowest BCUT2D eigenvalue weighted by atomic mass is 9.84. The zero-order valence-electron chi connectivity index (χ0n) is 18.9. The van der Waals surface area contributed by atoms with Crippen molar-refractivity contribution in [3.8, 4) is 28.7 Å². The van der Waals surface area contributed by atoms with Gasteiger partial charge in [-0.25, -0.2) is 0 Å². The van der Waals surface area contributed by atoms with Gasteiger partial charge in [-0.1, -0.05) is 24.3 Å². The standard InChI is InChI=1S/C27H22O7/c1-30-16-8-9-17(22(13-16)32-3)19-14-24(28)33-21-11-10-18-26(29)23(34-27(18)25(19)21)12-15-6-4-5-7-20(15)31-2/h4-13,19H,14H2,1-3H3/b23-12-/t19-/m1/s1. The summed E-state index contributed by atoms with van der Waals surface area (Å²) >= 11 is 0. The van der Waals surface area contributed by atoms with Gasteiger partial charge >= 0.3 is 5.97 Å². The van der Waals surface area contributed by atoms with Crippen LogP contribution in [0.5, 0.6) is 28.7 Å². The summed E-state index contributed by atoms with van der Waals surface area (Å²) in [5.41, 5.74) is 2.54. The number of esters is 1. The van der Waals surface area contributed by atoms with Gasteiger partial charge in [0.2, 0.25) is 5.78 Å². The number of hydrogen-bond acceptors (Lipinski definition) is 7. The van der Waals surface area contributed by atoms with Crippen LogP contribution in [0.15, 0.2) is 60.4 Å². The highest BCUT2D eigenvalue weighted by Crippen LogP contribution is 2.50. The molecule has 172 valence electrons. The molecule has 7 heteroatoms. The molecule has 0 saturated heterocycles. The maximum absolute atomic E-state index is 13.2. The maximum Gasteiger partial charge on any atom is 0.312 e. The molecule has 7 nitrogen and oxygen atoms in total. The Balaban J connectivity index is 1.63. The van der Waals surface area contributed by atoms with Crippen molar-refractivity contribution in [2.45, 2.75) is 12.3 Å². The number of allylic oxidation sites excluding steroid dienone is 1. The van der Waals surface area contributed by atoms with E-state index in [4.69, 9.17) is 23.7 Å². The Hall–Kier alpha value is -4.26. The highest BCUT2D eigenvalue weighted by Gasteiger charge is 2.39. The van der Waals surface area contributed by atoms with Crippen LogP contribution in [0, 0.1) is 0 Å². The Kier molecular flexibility index (Phi) is 5.45. The van der Waals surface area contributed by atoms with E-state index in [1.807, 2.05) is 30.3 Å². The fourth-order valence-electron chi connectivity index (χ4n) is 4.40. The van der Waals surface area contributed by atoms with Crippen LogP contribution in [0.1, 0.15) is 39.4 Å². The fraction of sp³-hybridized carbons (Fsp3) is 0.185. The van der Waals surface area contributed by atoms with Crippen molar-refractivity contribution in [1.82, 2.24) is 0 Å². The number of methoxy groups -OCH3 is 3. The first-order chi connectivity index (χ1) is 16.5. The van der Waals surface area contributed by atoms with Gasteiger partial charge in [-0.3, -0.25) is 9.59 Å². The van der Waals surface area contributed by atoms with E-state index in [1.165, 1.54) is 0 Å². The molecule has 0 unspecified atom stereocenters. The zero-order valence-corrected chi connectivity index (χ0v) is 18.9. The molecule has 0 saturated carbocycles. The Morgan fingerprint density at radius 2 is 1.68 bits per heavy atom.